The molecule has 0 bridgehead atoms. The highest BCUT2D eigenvalue weighted by molar-refractivity contribution is 9.10. The lowest BCUT2D eigenvalue weighted by Crippen LogP contribution is -2.38. The van der Waals surface area contributed by atoms with E-state index in [0.717, 1.165) is 23.7 Å². The Bertz CT molecular complexity index is 313. The molecule has 0 heterocycles. The summed E-state index contributed by atoms with van der Waals surface area (Å²) in [5, 5.41) is 12.5. The molecule has 17 heavy (non-hydrogen) atoms. The van der Waals surface area contributed by atoms with Gasteiger partial charge in [-0.05, 0) is 43.9 Å². The van der Waals surface area contributed by atoms with E-state index < -0.39 is 0 Å². The van der Waals surface area contributed by atoms with Crippen LogP contribution in [-0.2, 0) is 6.42 Å². The number of rotatable bonds is 7. The summed E-state index contributed by atoms with van der Waals surface area (Å²) >= 11 is 3.44. The molecule has 2 atom stereocenters. The van der Waals surface area contributed by atoms with Crippen molar-refractivity contribution >= 4 is 15.9 Å². The second kappa shape index (κ2) is 7.85. The predicted molar refractivity (Wildman–Crippen MR) is 76.2 cm³/mol. The van der Waals surface area contributed by atoms with Gasteiger partial charge in [0.1, 0.15) is 0 Å². The van der Waals surface area contributed by atoms with Crippen molar-refractivity contribution < 1.29 is 5.11 Å². The van der Waals surface area contributed by atoms with Crippen molar-refractivity contribution in [1.29, 1.82) is 0 Å². The zero-order chi connectivity index (χ0) is 12.7. The quantitative estimate of drug-likeness (QED) is 0.811. The topological polar surface area (TPSA) is 32.3 Å². The molecule has 2 nitrogen and oxygen atoms in total. The molecule has 3 heteroatoms. The van der Waals surface area contributed by atoms with Gasteiger partial charge in [-0.1, -0.05) is 35.0 Å². The highest BCUT2D eigenvalue weighted by atomic mass is 79.9. The van der Waals surface area contributed by atoms with E-state index in [1.165, 1.54) is 5.56 Å². The smallest absolute Gasteiger partial charge is 0.0582 e. The van der Waals surface area contributed by atoms with E-state index in [0.29, 0.717) is 6.04 Å². The minimum Gasteiger partial charge on any atom is -0.395 e. The van der Waals surface area contributed by atoms with E-state index in [4.69, 9.17) is 5.11 Å². The first-order chi connectivity index (χ1) is 8.15. The molecular weight excluding hydrogens is 278 g/mol. The SMILES string of the molecule is CCC(CCc1ccc(Br)cc1)NC(C)CO. The van der Waals surface area contributed by atoms with E-state index in [2.05, 4.69) is 52.4 Å². The molecule has 2 unspecified atom stereocenters. The number of nitrogens with one attached hydrogen (secondary N) is 1. The highest BCUT2D eigenvalue weighted by Gasteiger charge is 2.09. The fourth-order valence-corrected chi connectivity index (χ4v) is 2.12. The maximum Gasteiger partial charge on any atom is 0.0582 e. The zero-order valence-electron chi connectivity index (χ0n) is 10.6. The summed E-state index contributed by atoms with van der Waals surface area (Å²) in [5.74, 6) is 0. The van der Waals surface area contributed by atoms with E-state index >= 15 is 0 Å². The van der Waals surface area contributed by atoms with Crippen molar-refractivity contribution in [3.05, 3.63) is 34.3 Å². The van der Waals surface area contributed by atoms with Crippen LogP contribution in [0.2, 0.25) is 0 Å². The lowest BCUT2D eigenvalue weighted by atomic mass is 10.0. The lowest BCUT2D eigenvalue weighted by molar-refractivity contribution is 0.237. The Kier molecular flexibility index (Phi) is 6.78. The summed E-state index contributed by atoms with van der Waals surface area (Å²) in [6.07, 6.45) is 3.29. The number of benzene rings is 1. The number of halogens is 1. The van der Waals surface area contributed by atoms with Crippen LogP contribution in [0, 0.1) is 0 Å². The maximum atomic E-state index is 9.03. The third-order valence-corrected chi connectivity index (χ3v) is 3.51. The molecule has 96 valence electrons. The summed E-state index contributed by atoms with van der Waals surface area (Å²) in [7, 11) is 0. The third kappa shape index (κ3) is 5.66. The number of aliphatic hydroxyl groups excluding tert-OH is 1. The molecule has 0 saturated heterocycles. The number of aryl methyl sites for hydroxylation is 1. The largest absolute Gasteiger partial charge is 0.395 e. The van der Waals surface area contributed by atoms with E-state index in [9.17, 15) is 0 Å². The van der Waals surface area contributed by atoms with Crippen molar-refractivity contribution in [2.45, 2.75) is 45.2 Å². The second-order valence-electron chi connectivity index (χ2n) is 4.52. The monoisotopic (exact) mass is 299 g/mol. The van der Waals surface area contributed by atoms with Gasteiger partial charge in [0.15, 0.2) is 0 Å². The van der Waals surface area contributed by atoms with Gasteiger partial charge in [-0.25, -0.2) is 0 Å². The number of hydrogen-bond acceptors (Lipinski definition) is 2. The fourth-order valence-electron chi connectivity index (χ4n) is 1.85. The average molecular weight is 300 g/mol. The molecule has 0 spiro atoms. The van der Waals surface area contributed by atoms with Crippen molar-refractivity contribution in [2.24, 2.45) is 0 Å². The first kappa shape index (κ1) is 14.7. The molecule has 0 fully saturated rings. The third-order valence-electron chi connectivity index (χ3n) is 2.98. The molecule has 0 aliphatic heterocycles. The fraction of sp³-hybridized carbons (Fsp3) is 0.571. The van der Waals surface area contributed by atoms with E-state index in [-0.39, 0.29) is 12.6 Å². The molecule has 0 saturated carbocycles. The molecule has 1 aromatic rings. The average Bonchev–Trinajstić information content (AvgIpc) is 2.36. The molecule has 2 N–H and O–H groups in total. The highest BCUT2D eigenvalue weighted by Crippen LogP contribution is 2.13. The number of aliphatic hydroxyl groups is 1. The molecular formula is C14H22BrNO. The van der Waals surface area contributed by atoms with Gasteiger partial charge >= 0.3 is 0 Å². The molecule has 1 rings (SSSR count). The molecule has 0 amide bonds. The Hall–Kier alpha value is -0.380. The van der Waals surface area contributed by atoms with Gasteiger partial charge in [0.05, 0.1) is 6.61 Å². The van der Waals surface area contributed by atoms with Crippen LogP contribution >= 0.6 is 15.9 Å². The summed E-state index contributed by atoms with van der Waals surface area (Å²) in [6.45, 7) is 4.40. The minimum absolute atomic E-state index is 0.185. The van der Waals surface area contributed by atoms with Crippen LogP contribution in [-0.4, -0.2) is 23.8 Å². The van der Waals surface area contributed by atoms with Crippen molar-refractivity contribution in [2.75, 3.05) is 6.61 Å². The molecule has 0 radical (unpaired) electrons. The first-order valence-corrected chi connectivity index (χ1v) is 7.06. The first-order valence-electron chi connectivity index (χ1n) is 6.27. The van der Waals surface area contributed by atoms with Crippen molar-refractivity contribution in [3.8, 4) is 0 Å². The Morgan fingerprint density at radius 3 is 2.47 bits per heavy atom. The summed E-state index contributed by atoms with van der Waals surface area (Å²) in [5.41, 5.74) is 1.37. The number of hydrogen-bond donors (Lipinski definition) is 2. The van der Waals surface area contributed by atoms with Gasteiger partial charge in [0, 0.05) is 16.6 Å². The zero-order valence-corrected chi connectivity index (χ0v) is 12.2. The summed E-state index contributed by atoms with van der Waals surface area (Å²) < 4.78 is 1.13. The molecule has 0 aromatic heterocycles. The summed E-state index contributed by atoms with van der Waals surface area (Å²) in [6, 6.07) is 9.16. The van der Waals surface area contributed by atoms with Crippen molar-refractivity contribution in [1.82, 2.24) is 5.32 Å². The van der Waals surface area contributed by atoms with Gasteiger partial charge in [-0.15, -0.1) is 0 Å². The van der Waals surface area contributed by atoms with Crippen LogP contribution < -0.4 is 5.32 Å². The minimum atomic E-state index is 0.185. The van der Waals surface area contributed by atoms with Gasteiger partial charge in [0.25, 0.3) is 0 Å². The van der Waals surface area contributed by atoms with Gasteiger partial charge < -0.3 is 10.4 Å². The lowest BCUT2D eigenvalue weighted by Gasteiger charge is -2.20. The van der Waals surface area contributed by atoms with Crippen LogP contribution in [0.15, 0.2) is 28.7 Å². The van der Waals surface area contributed by atoms with Crippen molar-refractivity contribution in [3.63, 3.8) is 0 Å². The van der Waals surface area contributed by atoms with E-state index in [1.54, 1.807) is 0 Å². The van der Waals surface area contributed by atoms with E-state index in [1.807, 2.05) is 6.92 Å². The molecule has 0 aliphatic rings. The predicted octanol–water partition coefficient (Wildman–Crippen LogP) is 3.13. The Morgan fingerprint density at radius 1 is 1.29 bits per heavy atom. The standard InChI is InChI=1S/C14H22BrNO/c1-3-14(16-11(2)10-17)9-6-12-4-7-13(15)8-5-12/h4-5,7-8,11,14,16-17H,3,6,9-10H2,1-2H3. The molecule has 1 aromatic carbocycles. The van der Waals surface area contributed by atoms with Gasteiger partial charge in [-0.2, -0.15) is 0 Å². The van der Waals surface area contributed by atoms with Crippen LogP contribution in [0.3, 0.4) is 0 Å². The van der Waals surface area contributed by atoms with Crippen LogP contribution in [0.1, 0.15) is 32.3 Å². The Balaban J connectivity index is 2.39. The Labute approximate surface area is 113 Å². The van der Waals surface area contributed by atoms with Crippen LogP contribution in [0.5, 0.6) is 0 Å². The van der Waals surface area contributed by atoms with Gasteiger partial charge in [0.2, 0.25) is 0 Å². The van der Waals surface area contributed by atoms with Gasteiger partial charge in [-0.3, -0.25) is 0 Å². The maximum absolute atomic E-state index is 9.03. The van der Waals surface area contributed by atoms with Crippen LogP contribution in [0.4, 0.5) is 0 Å². The molecule has 0 aliphatic carbocycles. The second-order valence-corrected chi connectivity index (χ2v) is 5.44. The Morgan fingerprint density at radius 2 is 1.94 bits per heavy atom. The normalized spacial score (nSPS) is 14.6. The van der Waals surface area contributed by atoms with Crippen LogP contribution in [0.25, 0.3) is 0 Å². The summed E-state index contributed by atoms with van der Waals surface area (Å²) in [4.78, 5) is 0.